The van der Waals surface area contributed by atoms with Crippen LogP contribution in [0, 0.1) is 0 Å². The molecule has 0 radical (unpaired) electrons. The molecule has 0 spiro atoms. The van der Waals surface area contributed by atoms with E-state index in [0.717, 1.165) is 17.5 Å². The molecular formula is C22H29N4S+. The summed E-state index contributed by atoms with van der Waals surface area (Å²) >= 11 is 1.77. The summed E-state index contributed by atoms with van der Waals surface area (Å²) in [5.74, 6) is 0.977. The first-order chi connectivity index (χ1) is 13.2. The van der Waals surface area contributed by atoms with Gasteiger partial charge in [0.1, 0.15) is 6.20 Å². The second-order valence-electron chi connectivity index (χ2n) is 6.09. The normalized spacial score (nSPS) is 12.1. The van der Waals surface area contributed by atoms with E-state index >= 15 is 0 Å². The molecule has 5 heteroatoms. The van der Waals surface area contributed by atoms with Gasteiger partial charge in [-0.05, 0) is 53.1 Å². The molecule has 0 aliphatic rings. The van der Waals surface area contributed by atoms with E-state index < -0.39 is 0 Å². The minimum Gasteiger partial charge on any atom is -0.394 e. The van der Waals surface area contributed by atoms with Gasteiger partial charge in [0.15, 0.2) is 0 Å². The van der Waals surface area contributed by atoms with Gasteiger partial charge in [0.05, 0.1) is 13.2 Å². The first-order valence-corrected chi connectivity index (χ1v) is 10.1. The predicted octanol–water partition coefficient (Wildman–Crippen LogP) is 3.83. The first-order valence-electron chi connectivity index (χ1n) is 9.07. The van der Waals surface area contributed by atoms with Crippen molar-refractivity contribution >= 4 is 23.5 Å². The van der Waals surface area contributed by atoms with Gasteiger partial charge in [0.25, 0.3) is 0 Å². The minimum absolute atomic E-state index is 0.947. The van der Waals surface area contributed by atoms with Crippen LogP contribution >= 0.6 is 11.8 Å². The van der Waals surface area contributed by atoms with Crippen LogP contribution in [0.1, 0.15) is 12.5 Å². The highest BCUT2D eigenvalue weighted by atomic mass is 32.2. The number of thioether (sulfide) groups is 1. The van der Waals surface area contributed by atoms with Gasteiger partial charge in [-0.1, -0.05) is 36.4 Å². The number of allylic oxidation sites excluding steroid dienone is 4. The third-order valence-electron chi connectivity index (χ3n) is 4.12. The Kier molecular flexibility index (Phi) is 8.65. The highest BCUT2D eigenvalue weighted by molar-refractivity contribution is 7.99. The second-order valence-corrected chi connectivity index (χ2v) is 7.15. The zero-order valence-corrected chi connectivity index (χ0v) is 17.4. The van der Waals surface area contributed by atoms with E-state index in [-0.39, 0.29) is 0 Å². The summed E-state index contributed by atoms with van der Waals surface area (Å²) in [7, 11) is 6.07. The molecular weight excluding hydrogens is 352 g/mol. The van der Waals surface area contributed by atoms with Crippen molar-refractivity contribution in [3.05, 3.63) is 78.3 Å². The van der Waals surface area contributed by atoms with E-state index in [9.17, 15) is 0 Å². The zero-order chi connectivity index (χ0) is 19.5. The maximum absolute atomic E-state index is 4.43. The van der Waals surface area contributed by atoms with E-state index in [2.05, 4.69) is 75.4 Å². The summed E-state index contributed by atoms with van der Waals surface area (Å²) in [6.45, 7) is 2.99. The number of rotatable bonds is 9. The van der Waals surface area contributed by atoms with Gasteiger partial charge in [0.2, 0.25) is 0 Å². The number of nitrogens with one attached hydrogen (secondary N) is 1. The molecule has 0 atom stereocenters. The van der Waals surface area contributed by atoms with E-state index in [0.29, 0.717) is 0 Å². The molecule has 0 aliphatic heterocycles. The van der Waals surface area contributed by atoms with E-state index in [1.807, 2.05) is 45.7 Å². The lowest BCUT2D eigenvalue weighted by atomic mass is 10.1. The smallest absolute Gasteiger partial charge is 0.358 e. The van der Waals surface area contributed by atoms with Crippen LogP contribution in [-0.4, -0.2) is 31.4 Å². The van der Waals surface area contributed by atoms with Crippen LogP contribution in [0.25, 0.3) is 6.08 Å². The van der Waals surface area contributed by atoms with E-state index in [1.54, 1.807) is 11.8 Å². The fourth-order valence-electron chi connectivity index (χ4n) is 2.55. The Morgan fingerprint density at radius 2 is 2.07 bits per heavy atom. The van der Waals surface area contributed by atoms with Crippen molar-refractivity contribution in [2.45, 2.75) is 12.1 Å². The average molecular weight is 382 g/mol. The Labute approximate surface area is 167 Å². The third-order valence-corrected chi connectivity index (χ3v) is 5.16. The van der Waals surface area contributed by atoms with E-state index in [4.69, 9.17) is 0 Å². The molecule has 0 bridgehead atoms. The number of anilines is 1. The zero-order valence-electron chi connectivity index (χ0n) is 16.6. The summed E-state index contributed by atoms with van der Waals surface area (Å²) < 4.78 is 2.05. The summed E-state index contributed by atoms with van der Waals surface area (Å²) in [5, 5.41) is 4.06. The van der Waals surface area contributed by atoms with Gasteiger partial charge in [-0.3, -0.25) is 0 Å². The van der Waals surface area contributed by atoms with Gasteiger partial charge >= 0.3 is 5.16 Å². The van der Waals surface area contributed by atoms with E-state index in [1.165, 1.54) is 16.8 Å². The molecule has 2 aromatic rings. The lowest BCUT2D eigenvalue weighted by molar-refractivity contribution is -0.713. The Morgan fingerprint density at radius 1 is 1.26 bits per heavy atom. The molecule has 0 saturated heterocycles. The SMILES string of the molecule is C/C=C(\C=C/NC)/C=C/c1ccccc1N(C)CCSc1nccc[n+]1C. The Hall–Kier alpha value is -2.53. The maximum Gasteiger partial charge on any atom is 0.358 e. The lowest BCUT2D eigenvalue weighted by Gasteiger charge is -2.21. The quantitative estimate of drug-likeness (QED) is 0.310. The molecule has 0 amide bonds. The number of benzene rings is 1. The van der Waals surface area contributed by atoms with Crippen LogP contribution in [0.3, 0.4) is 0 Å². The lowest BCUT2D eigenvalue weighted by Crippen LogP contribution is -2.31. The molecule has 0 fully saturated rings. The number of para-hydroxylation sites is 1. The highest BCUT2D eigenvalue weighted by Gasteiger charge is 2.10. The molecule has 4 nitrogen and oxygen atoms in total. The van der Waals surface area contributed by atoms with Crippen molar-refractivity contribution in [3.63, 3.8) is 0 Å². The van der Waals surface area contributed by atoms with Gasteiger partial charge in [-0.15, -0.1) is 0 Å². The molecule has 0 saturated carbocycles. The monoisotopic (exact) mass is 381 g/mol. The predicted molar refractivity (Wildman–Crippen MR) is 117 cm³/mol. The van der Waals surface area contributed by atoms with Gasteiger partial charge in [-0.25, -0.2) is 4.57 Å². The summed E-state index contributed by atoms with van der Waals surface area (Å²) in [5.41, 5.74) is 3.61. The standard InChI is InChI=1S/C22H29N4S/c1-5-19(13-15-23-2)11-12-20-9-6-7-10-21(20)25(3)17-18-27-22-24-14-8-16-26(22)4/h5-16,23H,17-18H2,1-4H3/q+1/b12-11+,15-13-,19-5-. The molecule has 1 N–H and O–H groups in total. The largest absolute Gasteiger partial charge is 0.394 e. The van der Waals surface area contributed by atoms with Crippen molar-refractivity contribution in [1.82, 2.24) is 10.3 Å². The molecule has 0 aliphatic carbocycles. The van der Waals surface area contributed by atoms with Gasteiger partial charge in [-0.2, -0.15) is 0 Å². The first kappa shape index (κ1) is 20.8. The summed E-state index contributed by atoms with van der Waals surface area (Å²) in [6.07, 6.45) is 14.3. The van der Waals surface area contributed by atoms with Crippen molar-refractivity contribution in [1.29, 1.82) is 0 Å². The molecule has 1 aromatic carbocycles. The molecule has 0 unspecified atom stereocenters. The van der Waals surface area contributed by atoms with Crippen LogP contribution < -0.4 is 14.8 Å². The highest BCUT2D eigenvalue weighted by Crippen LogP contribution is 2.22. The van der Waals surface area contributed by atoms with Crippen LogP contribution in [0.4, 0.5) is 5.69 Å². The number of hydrogen-bond donors (Lipinski definition) is 1. The fourth-order valence-corrected chi connectivity index (χ4v) is 3.50. The third kappa shape index (κ3) is 6.61. The number of nitrogens with zero attached hydrogens (tertiary/aromatic N) is 3. The Bertz CT molecular complexity index is 811. The van der Waals surface area contributed by atoms with Crippen molar-refractivity contribution < 1.29 is 4.57 Å². The van der Waals surface area contributed by atoms with Crippen LogP contribution in [0.15, 0.2) is 77.9 Å². The van der Waals surface area contributed by atoms with Crippen LogP contribution in [-0.2, 0) is 7.05 Å². The van der Waals surface area contributed by atoms with Gasteiger partial charge in [0, 0.05) is 38.1 Å². The summed E-state index contributed by atoms with van der Waals surface area (Å²) in [6, 6.07) is 10.4. The topological polar surface area (TPSA) is 32.0 Å². The average Bonchev–Trinajstić information content (AvgIpc) is 2.70. The van der Waals surface area contributed by atoms with Crippen molar-refractivity contribution in [2.24, 2.45) is 7.05 Å². The molecule has 2 rings (SSSR count). The van der Waals surface area contributed by atoms with Gasteiger partial charge < -0.3 is 10.2 Å². The Morgan fingerprint density at radius 3 is 2.81 bits per heavy atom. The number of hydrogen-bond acceptors (Lipinski definition) is 4. The molecule has 1 heterocycles. The number of aryl methyl sites for hydroxylation is 1. The molecule has 142 valence electrons. The van der Waals surface area contributed by atoms with Crippen LogP contribution in [0.2, 0.25) is 0 Å². The molecule has 1 aromatic heterocycles. The second kappa shape index (κ2) is 11.2. The maximum atomic E-state index is 4.43. The number of aromatic nitrogens is 2. The Balaban J connectivity index is 2.03. The summed E-state index contributed by atoms with van der Waals surface area (Å²) in [4.78, 5) is 6.73. The van der Waals surface area contributed by atoms with Crippen LogP contribution in [0.5, 0.6) is 0 Å². The molecule has 27 heavy (non-hydrogen) atoms. The fraction of sp³-hybridized carbons (Fsp3) is 0.273. The van der Waals surface area contributed by atoms with Crippen molar-refractivity contribution in [3.8, 4) is 0 Å². The minimum atomic E-state index is 0.947. The van der Waals surface area contributed by atoms with Crippen molar-refractivity contribution in [2.75, 3.05) is 31.3 Å².